The second kappa shape index (κ2) is 12.7. The Morgan fingerprint density at radius 2 is 1.92 bits per heavy atom. The molecule has 1 atom stereocenters. The van der Waals surface area contributed by atoms with E-state index >= 15 is 0 Å². The van der Waals surface area contributed by atoms with Crippen LogP contribution in [0.4, 0.5) is 0 Å². The second-order valence-electron chi connectivity index (χ2n) is 9.21. The van der Waals surface area contributed by atoms with Crippen molar-refractivity contribution in [2.24, 2.45) is 0 Å². The van der Waals surface area contributed by atoms with Gasteiger partial charge in [-0.15, -0.1) is 0 Å². The van der Waals surface area contributed by atoms with Crippen LogP contribution in [0.25, 0.3) is 0 Å². The molecule has 9 heteroatoms. The molecular weight excluding hydrogens is 501 g/mol. The van der Waals surface area contributed by atoms with Gasteiger partial charge in [-0.05, 0) is 62.1 Å². The fourth-order valence-corrected chi connectivity index (χ4v) is 4.65. The highest BCUT2D eigenvalue weighted by Crippen LogP contribution is 2.31. The molecule has 0 amide bonds. The molecule has 1 aliphatic rings. The second-order valence-corrected chi connectivity index (χ2v) is 10.0. The quantitative estimate of drug-likeness (QED) is 0.330. The number of halogens is 2. The number of rotatable bonds is 11. The van der Waals surface area contributed by atoms with E-state index in [9.17, 15) is 5.11 Å². The molecule has 2 aromatic carbocycles. The Labute approximate surface area is 222 Å². The zero-order valence-corrected chi connectivity index (χ0v) is 22.0. The molecule has 0 bridgehead atoms. The number of aryl methyl sites for hydroxylation is 1. The minimum Gasteiger partial charge on any atom is -0.493 e. The van der Waals surface area contributed by atoms with Gasteiger partial charge in [-0.1, -0.05) is 29.3 Å². The van der Waals surface area contributed by atoms with E-state index in [-0.39, 0.29) is 6.61 Å². The van der Waals surface area contributed by atoms with Gasteiger partial charge in [0.2, 0.25) is 0 Å². The fraction of sp³-hybridized carbons (Fsp3) is 0.444. The van der Waals surface area contributed by atoms with Crippen LogP contribution in [0.5, 0.6) is 17.2 Å². The molecule has 0 spiro atoms. The highest BCUT2D eigenvalue weighted by Gasteiger charge is 2.31. The summed E-state index contributed by atoms with van der Waals surface area (Å²) < 4.78 is 19.4. The predicted octanol–water partition coefficient (Wildman–Crippen LogP) is 5.46. The maximum Gasteiger partial charge on any atom is 0.161 e. The van der Waals surface area contributed by atoms with Gasteiger partial charge < -0.3 is 23.9 Å². The van der Waals surface area contributed by atoms with E-state index < -0.39 is 5.60 Å². The highest BCUT2D eigenvalue weighted by atomic mass is 35.5. The summed E-state index contributed by atoms with van der Waals surface area (Å²) in [6.07, 6.45) is 8.60. The molecule has 0 saturated carbocycles. The standard InChI is InChI=1S/C27H33Cl2N3O4/c1-34-25-7-4-21(16-26(25)35-15-3-12-32-14-10-30-20-32)18-31-11-2-8-27(33,9-13-31)19-36-22-5-6-23(28)24(29)17-22/h4-7,10,14,16-17,20,33H,2-3,8-9,11-13,15,18-19H2,1H3/t27-/m0/s1. The molecular formula is C27H33Cl2N3O4. The number of ether oxygens (including phenoxy) is 3. The number of aliphatic hydroxyl groups is 1. The summed E-state index contributed by atoms with van der Waals surface area (Å²) in [6.45, 7) is 4.12. The van der Waals surface area contributed by atoms with Crippen LogP contribution in [-0.4, -0.2) is 58.6 Å². The third kappa shape index (κ3) is 7.53. The normalized spacial score (nSPS) is 18.6. The van der Waals surface area contributed by atoms with Gasteiger partial charge in [0.05, 0.1) is 35.7 Å². The SMILES string of the molecule is COc1ccc(CN2CCC[C@@](O)(COc3ccc(Cl)c(Cl)c3)CC2)cc1OCCCn1ccnc1. The molecule has 7 nitrogen and oxygen atoms in total. The summed E-state index contributed by atoms with van der Waals surface area (Å²) in [7, 11) is 1.66. The van der Waals surface area contributed by atoms with Crippen LogP contribution < -0.4 is 14.2 Å². The van der Waals surface area contributed by atoms with Crippen molar-refractivity contribution in [2.45, 2.75) is 44.4 Å². The summed E-state index contributed by atoms with van der Waals surface area (Å²) in [4.78, 5) is 6.43. The van der Waals surface area contributed by atoms with Crippen LogP contribution in [0.3, 0.4) is 0 Å². The number of nitrogens with zero attached hydrogens (tertiary/aromatic N) is 3. The molecule has 2 heterocycles. The van der Waals surface area contributed by atoms with Crippen LogP contribution in [-0.2, 0) is 13.1 Å². The lowest BCUT2D eigenvalue weighted by Crippen LogP contribution is -2.37. The number of hydrogen-bond acceptors (Lipinski definition) is 6. The van der Waals surface area contributed by atoms with Gasteiger partial charge in [-0.2, -0.15) is 0 Å². The molecule has 1 fully saturated rings. The lowest BCUT2D eigenvalue weighted by atomic mass is 9.96. The van der Waals surface area contributed by atoms with E-state index in [0.717, 1.165) is 56.1 Å². The lowest BCUT2D eigenvalue weighted by molar-refractivity contribution is -0.0168. The highest BCUT2D eigenvalue weighted by molar-refractivity contribution is 6.42. The number of methoxy groups -OCH3 is 1. The Balaban J connectivity index is 1.29. The summed E-state index contributed by atoms with van der Waals surface area (Å²) in [5.74, 6) is 2.09. The monoisotopic (exact) mass is 533 g/mol. The summed E-state index contributed by atoms with van der Waals surface area (Å²) in [6, 6.07) is 11.2. The van der Waals surface area contributed by atoms with Crippen molar-refractivity contribution in [3.63, 3.8) is 0 Å². The number of aromatic nitrogens is 2. The van der Waals surface area contributed by atoms with Crippen molar-refractivity contribution in [1.29, 1.82) is 0 Å². The third-order valence-corrected chi connectivity index (χ3v) is 7.16. The minimum atomic E-state index is -0.885. The van der Waals surface area contributed by atoms with E-state index in [1.54, 1.807) is 31.5 Å². The molecule has 0 unspecified atom stereocenters. The summed E-state index contributed by atoms with van der Waals surface area (Å²) >= 11 is 12.1. The van der Waals surface area contributed by atoms with Gasteiger partial charge in [-0.3, -0.25) is 4.90 Å². The molecule has 36 heavy (non-hydrogen) atoms. The number of imidazole rings is 1. The summed E-state index contributed by atoms with van der Waals surface area (Å²) in [5.41, 5.74) is 0.266. The van der Waals surface area contributed by atoms with Crippen molar-refractivity contribution in [3.8, 4) is 17.2 Å². The molecule has 194 valence electrons. The van der Waals surface area contributed by atoms with E-state index in [1.165, 1.54) is 0 Å². The van der Waals surface area contributed by atoms with Gasteiger partial charge in [-0.25, -0.2) is 4.98 Å². The minimum absolute atomic E-state index is 0.221. The first-order valence-corrected chi connectivity index (χ1v) is 13.0. The zero-order valence-electron chi connectivity index (χ0n) is 20.5. The first-order chi connectivity index (χ1) is 17.4. The Morgan fingerprint density at radius 1 is 1.03 bits per heavy atom. The zero-order chi connectivity index (χ0) is 25.4. The van der Waals surface area contributed by atoms with Gasteiger partial charge >= 0.3 is 0 Å². The number of likely N-dealkylation sites (tertiary alicyclic amines) is 1. The molecule has 4 rings (SSSR count). The number of benzene rings is 2. The molecule has 1 saturated heterocycles. The smallest absolute Gasteiger partial charge is 0.161 e. The van der Waals surface area contributed by atoms with Crippen molar-refractivity contribution >= 4 is 23.2 Å². The van der Waals surface area contributed by atoms with Crippen LogP contribution in [0.1, 0.15) is 31.2 Å². The fourth-order valence-electron chi connectivity index (χ4n) is 4.36. The first-order valence-electron chi connectivity index (χ1n) is 12.2. The Kier molecular flexibility index (Phi) is 9.37. The Hall–Kier alpha value is -2.45. The van der Waals surface area contributed by atoms with Crippen LogP contribution in [0.2, 0.25) is 10.0 Å². The van der Waals surface area contributed by atoms with Crippen LogP contribution in [0.15, 0.2) is 55.1 Å². The van der Waals surface area contributed by atoms with Gasteiger partial charge in [0.25, 0.3) is 0 Å². The van der Waals surface area contributed by atoms with Crippen molar-refractivity contribution in [1.82, 2.24) is 14.5 Å². The summed E-state index contributed by atoms with van der Waals surface area (Å²) in [5, 5.41) is 12.1. The predicted molar refractivity (Wildman–Crippen MR) is 141 cm³/mol. The average Bonchev–Trinajstić information content (AvgIpc) is 3.33. The topological polar surface area (TPSA) is 69.0 Å². The molecule has 1 N–H and O–H groups in total. The maximum atomic E-state index is 11.2. The lowest BCUT2D eigenvalue weighted by Gasteiger charge is -2.27. The average molecular weight is 534 g/mol. The van der Waals surface area contributed by atoms with Gasteiger partial charge in [0.1, 0.15) is 12.4 Å². The molecule has 3 aromatic rings. The molecule has 1 aromatic heterocycles. The molecule has 1 aliphatic heterocycles. The largest absolute Gasteiger partial charge is 0.493 e. The Bertz CT molecular complexity index is 1110. The molecule has 0 radical (unpaired) electrons. The van der Waals surface area contributed by atoms with E-state index in [1.807, 2.05) is 23.2 Å². The van der Waals surface area contributed by atoms with E-state index in [4.69, 9.17) is 37.4 Å². The number of hydrogen-bond donors (Lipinski definition) is 1. The van der Waals surface area contributed by atoms with Gasteiger partial charge in [0, 0.05) is 38.1 Å². The van der Waals surface area contributed by atoms with E-state index in [2.05, 4.69) is 22.0 Å². The Morgan fingerprint density at radius 3 is 2.69 bits per heavy atom. The van der Waals surface area contributed by atoms with Crippen LogP contribution in [0, 0.1) is 0 Å². The van der Waals surface area contributed by atoms with Crippen LogP contribution >= 0.6 is 23.2 Å². The van der Waals surface area contributed by atoms with Crippen molar-refractivity contribution in [3.05, 3.63) is 70.7 Å². The van der Waals surface area contributed by atoms with E-state index in [0.29, 0.717) is 35.2 Å². The van der Waals surface area contributed by atoms with Gasteiger partial charge in [0.15, 0.2) is 11.5 Å². The van der Waals surface area contributed by atoms with Crippen molar-refractivity contribution in [2.75, 3.05) is 33.4 Å². The third-order valence-electron chi connectivity index (χ3n) is 6.42. The first kappa shape index (κ1) is 26.6. The van der Waals surface area contributed by atoms with Crippen molar-refractivity contribution < 1.29 is 19.3 Å². The molecule has 0 aliphatic carbocycles. The maximum absolute atomic E-state index is 11.2.